The Balaban J connectivity index is 1.50. The summed E-state index contributed by atoms with van der Waals surface area (Å²) in [5.74, 6) is 0.985. The monoisotopic (exact) mass is 334 g/mol. The minimum atomic E-state index is -0.602. The van der Waals surface area contributed by atoms with Crippen LogP contribution in [0.3, 0.4) is 0 Å². The summed E-state index contributed by atoms with van der Waals surface area (Å²) in [5, 5.41) is 14.3. The number of aryl methyl sites for hydroxylation is 1. The van der Waals surface area contributed by atoms with Crippen molar-refractivity contribution in [3.05, 3.63) is 47.4 Å². The summed E-state index contributed by atoms with van der Waals surface area (Å²) >= 11 is 0. The molecule has 1 aliphatic rings. The molecule has 0 unspecified atom stereocenters. The fourth-order valence-electron chi connectivity index (χ4n) is 3.13. The zero-order valence-electron chi connectivity index (χ0n) is 14.0. The number of aliphatic hydroxyl groups excluding tert-OH is 1. The third-order valence-electron chi connectivity index (χ3n) is 4.52. The fraction of sp³-hybridized carbons (Fsp3) is 0.529. The Kier molecular flexibility index (Phi) is 5.23. The summed E-state index contributed by atoms with van der Waals surface area (Å²) in [7, 11) is 2.05. The molecule has 2 aromatic rings. The summed E-state index contributed by atoms with van der Waals surface area (Å²) < 4.78 is 18.0. The molecule has 1 saturated heterocycles. The number of rotatable bonds is 6. The number of likely N-dealkylation sites (N-methyl/N-ethyl adjacent to an activating group) is 1. The minimum Gasteiger partial charge on any atom is -0.387 e. The van der Waals surface area contributed by atoms with E-state index in [1.807, 2.05) is 0 Å². The number of likely N-dealkylation sites (tertiary alicyclic amines) is 1. The molecule has 1 aliphatic heterocycles. The van der Waals surface area contributed by atoms with Crippen LogP contribution in [0, 0.1) is 12.7 Å². The van der Waals surface area contributed by atoms with Crippen LogP contribution in [0.1, 0.15) is 29.8 Å². The predicted octanol–water partition coefficient (Wildman–Crippen LogP) is 1.76. The van der Waals surface area contributed by atoms with Crippen molar-refractivity contribution < 1.29 is 14.0 Å². The van der Waals surface area contributed by atoms with E-state index in [0.717, 1.165) is 25.1 Å². The zero-order valence-corrected chi connectivity index (χ0v) is 14.0. The quantitative estimate of drug-likeness (QED) is 0.868. The van der Waals surface area contributed by atoms with Gasteiger partial charge in [0.25, 0.3) is 0 Å². The Morgan fingerprint density at radius 2 is 2.17 bits per heavy atom. The van der Waals surface area contributed by atoms with Crippen LogP contribution >= 0.6 is 0 Å². The molecule has 1 aromatic carbocycles. The number of hydrogen-bond donors (Lipinski definition) is 1. The molecule has 6 nitrogen and oxygen atoms in total. The predicted molar refractivity (Wildman–Crippen MR) is 86.7 cm³/mol. The molecule has 1 fully saturated rings. The van der Waals surface area contributed by atoms with Gasteiger partial charge < -0.3 is 9.63 Å². The zero-order chi connectivity index (χ0) is 17.1. The molecule has 130 valence electrons. The summed E-state index contributed by atoms with van der Waals surface area (Å²) in [6.45, 7) is 4.79. The third kappa shape index (κ3) is 4.17. The second-order valence-corrected chi connectivity index (χ2v) is 6.41. The molecule has 0 bridgehead atoms. The maximum atomic E-state index is 13.0. The van der Waals surface area contributed by atoms with Gasteiger partial charge in [-0.2, -0.15) is 4.98 Å². The Hall–Kier alpha value is -1.83. The van der Waals surface area contributed by atoms with E-state index >= 15 is 0 Å². The topological polar surface area (TPSA) is 65.6 Å². The van der Waals surface area contributed by atoms with E-state index in [-0.39, 0.29) is 5.82 Å². The maximum absolute atomic E-state index is 13.0. The average molecular weight is 334 g/mol. The van der Waals surface area contributed by atoms with Gasteiger partial charge in [-0.3, -0.25) is 9.80 Å². The van der Waals surface area contributed by atoms with E-state index in [0.29, 0.717) is 30.8 Å². The highest BCUT2D eigenvalue weighted by Crippen LogP contribution is 2.20. The molecule has 24 heavy (non-hydrogen) atoms. The van der Waals surface area contributed by atoms with Crippen LogP contribution in [0.2, 0.25) is 0 Å². The van der Waals surface area contributed by atoms with Crippen molar-refractivity contribution in [2.75, 3.05) is 26.7 Å². The molecule has 3 rings (SSSR count). The van der Waals surface area contributed by atoms with Gasteiger partial charge in [0.05, 0.1) is 12.6 Å². The number of hydrogen-bond acceptors (Lipinski definition) is 6. The molecule has 2 atom stereocenters. The lowest BCUT2D eigenvalue weighted by atomic mass is 10.1. The number of aliphatic hydroxyl groups is 1. The van der Waals surface area contributed by atoms with Crippen LogP contribution in [0.15, 0.2) is 28.8 Å². The number of halogens is 1. The van der Waals surface area contributed by atoms with Gasteiger partial charge >= 0.3 is 0 Å². The minimum absolute atomic E-state index is 0.287. The molecule has 1 N–H and O–H groups in total. The first-order valence-electron chi connectivity index (χ1n) is 8.16. The second-order valence-electron chi connectivity index (χ2n) is 6.41. The normalized spacial score (nSPS) is 20.0. The third-order valence-corrected chi connectivity index (χ3v) is 4.52. The van der Waals surface area contributed by atoms with E-state index in [4.69, 9.17) is 4.52 Å². The molecule has 0 spiro atoms. The number of benzene rings is 1. The summed E-state index contributed by atoms with van der Waals surface area (Å²) in [5.41, 5.74) is 0.746. The van der Waals surface area contributed by atoms with Crippen LogP contribution in [0.25, 0.3) is 0 Å². The van der Waals surface area contributed by atoms with Crippen molar-refractivity contribution in [1.82, 2.24) is 19.9 Å². The maximum Gasteiger partial charge on any atom is 0.223 e. The summed E-state index contributed by atoms with van der Waals surface area (Å²) in [4.78, 5) is 8.68. The van der Waals surface area contributed by atoms with Crippen molar-refractivity contribution in [3.8, 4) is 0 Å². The van der Waals surface area contributed by atoms with Crippen molar-refractivity contribution in [2.45, 2.75) is 32.0 Å². The highest BCUT2D eigenvalue weighted by atomic mass is 19.1. The lowest BCUT2D eigenvalue weighted by molar-refractivity contribution is 0.120. The van der Waals surface area contributed by atoms with E-state index in [2.05, 4.69) is 27.0 Å². The van der Waals surface area contributed by atoms with Crippen LogP contribution in [0.4, 0.5) is 4.39 Å². The van der Waals surface area contributed by atoms with E-state index in [1.54, 1.807) is 19.1 Å². The van der Waals surface area contributed by atoms with Gasteiger partial charge in [-0.15, -0.1) is 0 Å². The molecule has 0 aliphatic carbocycles. The number of β-amino-alcohol motifs (C(OH)–C–C–N with tert-alkyl or cyclic N) is 1. The molecule has 7 heteroatoms. The van der Waals surface area contributed by atoms with Crippen LogP contribution in [-0.2, 0) is 6.54 Å². The second kappa shape index (κ2) is 7.38. The van der Waals surface area contributed by atoms with E-state index in [9.17, 15) is 9.50 Å². The van der Waals surface area contributed by atoms with E-state index in [1.165, 1.54) is 12.1 Å². The SMILES string of the molecule is Cc1nc(CN(C)[C@H]2CCN(C[C@H](O)c3ccc(F)cc3)C2)no1. The Morgan fingerprint density at radius 1 is 1.42 bits per heavy atom. The summed E-state index contributed by atoms with van der Waals surface area (Å²) in [6, 6.07) is 6.43. The average Bonchev–Trinajstić information content (AvgIpc) is 3.17. The Morgan fingerprint density at radius 3 is 2.83 bits per heavy atom. The first-order valence-corrected chi connectivity index (χ1v) is 8.16. The van der Waals surface area contributed by atoms with Crippen molar-refractivity contribution in [3.63, 3.8) is 0 Å². The first-order chi connectivity index (χ1) is 11.5. The van der Waals surface area contributed by atoms with Crippen molar-refractivity contribution in [2.24, 2.45) is 0 Å². The first kappa shape index (κ1) is 17.0. The fourth-order valence-corrected chi connectivity index (χ4v) is 3.13. The van der Waals surface area contributed by atoms with Gasteiger partial charge in [0.2, 0.25) is 5.89 Å². The van der Waals surface area contributed by atoms with Gasteiger partial charge in [0.1, 0.15) is 5.82 Å². The lowest BCUT2D eigenvalue weighted by Gasteiger charge is -2.24. The van der Waals surface area contributed by atoms with Gasteiger partial charge in [0, 0.05) is 26.1 Å². The summed E-state index contributed by atoms with van der Waals surface area (Å²) in [6.07, 6.45) is 0.429. The van der Waals surface area contributed by atoms with Gasteiger partial charge in [-0.25, -0.2) is 4.39 Å². The number of aromatic nitrogens is 2. The Bertz CT molecular complexity index is 661. The molecular weight excluding hydrogens is 311 g/mol. The molecule has 0 radical (unpaired) electrons. The standard InChI is InChI=1S/C17H23FN4O2/c1-12-19-17(20-24-12)11-21(2)15-7-8-22(9-15)10-16(23)13-3-5-14(18)6-4-13/h3-6,15-16,23H,7-11H2,1-2H3/t15-,16-/m0/s1. The molecule has 2 heterocycles. The van der Waals surface area contributed by atoms with Gasteiger partial charge in [-0.05, 0) is 37.7 Å². The van der Waals surface area contributed by atoms with Crippen LogP contribution < -0.4 is 0 Å². The number of nitrogens with zero attached hydrogens (tertiary/aromatic N) is 4. The highest BCUT2D eigenvalue weighted by molar-refractivity contribution is 5.18. The van der Waals surface area contributed by atoms with Crippen molar-refractivity contribution >= 4 is 0 Å². The van der Waals surface area contributed by atoms with Gasteiger partial charge in [-0.1, -0.05) is 17.3 Å². The highest BCUT2D eigenvalue weighted by Gasteiger charge is 2.27. The van der Waals surface area contributed by atoms with Crippen LogP contribution in [-0.4, -0.2) is 57.8 Å². The molecular formula is C17H23FN4O2. The lowest BCUT2D eigenvalue weighted by Crippen LogP contribution is -2.35. The Labute approximate surface area is 140 Å². The van der Waals surface area contributed by atoms with Crippen LogP contribution in [0.5, 0.6) is 0 Å². The molecule has 0 saturated carbocycles. The smallest absolute Gasteiger partial charge is 0.223 e. The molecule has 1 aromatic heterocycles. The largest absolute Gasteiger partial charge is 0.387 e. The van der Waals surface area contributed by atoms with Crippen molar-refractivity contribution in [1.29, 1.82) is 0 Å². The van der Waals surface area contributed by atoms with Gasteiger partial charge in [0.15, 0.2) is 5.82 Å². The molecule has 0 amide bonds. The van der Waals surface area contributed by atoms with E-state index < -0.39 is 6.10 Å².